The van der Waals surface area contributed by atoms with Crippen LogP contribution in [0.5, 0.6) is 0 Å². The molecule has 2 rings (SSSR count). The van der Waals surface area contributed by atoms with E-state index < -0.39 is 0 Å². The van der Waals surface area contributed by atoms with E-state index in [1.807, 2.05) is 0 Å². The van der Waals surface area contributed by atoms with E-state index in [-0.39, 0.29) is 5.97 Å². The molecule has 2 saturated carbocycles. The molecule has 0 aliphatic heterocycles. The van der Waals surface area contributed by atoms with E-state index in [1.165, 1.54) is 25.7 Å². The quantitative estimate of drug-likeness (QED) is 0.615. The van der Waals surface area contributed by atoms with Gasteiger partial charge in [-0.25, -0.2) is 0 Å². The highest BCUT2D eigenvalue weighted by molar-refractivity contribution is 5.71. The summed E-state index contributed by atoms with van der Waals surface area (Å²) in [6, 6.07) is 0.596. The Hall–Kier alpha value is -0.570. The van der Waals surface area contributed by atoms with Crippen molar-refractivity contribution in [1.29, 1.82) is 0 Å². The monoisotopic (exact) mass is 169 g/mol. The van der Waals surface area contributed by atoms with Crippen LogP contribution in [0, 0.1) is 5.92 Å². The van der Waals surface area contributed by atoms with Crippen LogP contribution in [0.25, 0.3) is 0 Å². The van der Waals surface area contributed by atoms with Crippen molar-refractivity contribution in [1.82, 2.24) is 5.32 Å². The van der Waals surface area contributed by atoms with Gasteiger partial charge in [0.2, 0.25) is 0 Å². The Kier molecular flexibility index (Phi) is 2.30. The Balaban J connectivity index is 1.50. The molecule has 0 radical (unpaired) electrons. The zero-order valence-electron chi connectivity index (χ0n) is 7.21. The first-order valence-corrected chi connectivity index (χ1v) is 4.73. The predicted molar refractivity (Wildman–Crippen MR) is 44.7 cm³/mol. The van der Waals surface area contributed by atoms with Crippen LogP contribution in [-0.2, 0) is 9.53 Å². The third-order valence-corrected chi connectivity index (χ3v) is 2.29. The first-order chi connectivity index (χ1) is 5.84. The second-order valence-corrected chi connectivity index (χ2v) is 3.78. The van der Waals surface area contributed by atoms with Crippen molar-refractivity contribution in [2.45, 2.75) is 31.7 Å². The van der Waals surface area contributed by atoms with Crippen molar-refractivity contribution in [3.63, 3.8) is 0 Å². The lowest BCUT2D eigenvalue weighted by Gasteiger charge is -2.03. The zero-order chi connectivity index (χ0) is 8.39. The lowest BCUT2D eigenvalue weighted by molar-refractivity contribution is -0.143. The van der Waals surface area contributed by atoms with Crippen LogP contribution in [0.15, 0.2) is 0 Å². The molecule has 0 amide bonds. The van der Waals surface area contributed by atoms with Gasteiger partial charge in [-0.05, 0) is 31.6 Å². The summed E-state index contributed by atoms with van der Waals surface area (Å²) in [5.41, 5.74) is 0. The van der Waals surface area contributed by atoms with Gasteiger partial charge in [0.1, 0.15) is 0 Å². The normalized spacial score (nSPS) is 22.3. The minimum Gasteiger partial charge on any atom is -0.464 e. The predicted octanol–water partition coefficient (Wildman–Crippen LogP) is 0.692. The third-order valence-electron chi connectivity index (χ3n) is 2.29. The van der Waals surface area contributed by atoms with Crippen LogP contribution in [-0.4, -0.2) is 25.2 Å². The highest BCUT2D eigenvalue weighted by Gasteiger charge is 2.24. The number of esters is 1. The molecule has 0 atom stereocenters. The molecule has 2 aliphatic rings. The van der Waals surface area contributed by atoms with Crippen molar-refractivity contribution in [2.24, 2.45) is 5.92 Å². The van der Waals surface area contributed by atoms with Crippen LogP contribution in [0.2, 0.25) is 0 Å². The fourth-order valence-electron chi connectivity index (χ4n) is 1.06. The molecule has 0 aromatic heterocycles. The number of carbonyl (C=O) groups is 1. The number of ether oxygens (including phenoxy) is 1. The van der Waals surface area contributed by atoms with Crippen molar-refractivity contribution < 1.29 is 9.53 Å². The van der Waals surface area contributed by atoms with Gasteiger partial charge in [0, 0.05) is 6.04 Å². The minimum atomic E-state index is -0.0891. The maximum Gasteiger partial charge on any atom is 0.319 e. The topological polar surface area (TPSA) is 38.3 Å². The number of hydrogen-bond donors (Lipinski definition) is 1. The summed E-state index contributed by atoms with van der Waals surface area (Å²) in [4.78, 5) is 11.0. The van der Waals surface area contributed by atoms with E-state index in [1.54, 1.807) is 0 Å². The van der Waals surface area contributed by atoms with Crippen LogP contribution >= 0.6 is 0 Å². The van der Waals surface area contributed by atoms with Gasteiger partial charge in [0.15, 0.2) is 0 Å². The van der Waals surface area contributed by atoms with Crippen LogP contribution in [0.1, 0.15) is 25.7 Å². The lowest BCUT2D eigenvalue weighted by atomic mass is 10.5. The van der Waals surface area contributed by atoms with E-state index in [4.69, 9.17) is 4.74 Å². The Morgan fingerprint density at radius 2 is 2.08 bits per heavy atom. The fraction of sp³-hybridized carbons (Fsp3) is 0.889. The van der Waals surface area contributed by atoms with Crippen LogP contribution in [0.4, 0.5) is 0 Å². The second kappa shape index (κ2) is 3.44. The van der Waals surface area contributed by atoms with Gasteiger partial charge in [-0.2, -0.15) is 0 Å². The number of hydrogen-bond acceptors (Lipinski definition) is 3. The molecule has 3 heteroatoms. The Bertz CT molecular complexity index is 155. The molecule has 12 heavy (non-hydrogen) atoms. The Morgan fingerprint density at radius 1 is 1.33 bits per heavy atom. The second-order valence-electron chi connectivity index (χ2n) is 3.78. The van der Waals surface area contributed by atoms with E-state index in [0.717, 1.165) is 0 Å². The van der Waals surface area contributed by atoms with E-state index in [2.05, 4.69) is 5.32 Å². The molecule has 1 N–H and O–H groups in total. The third kappa shape index (κ3) is 2.81. The number of nitrogens with one attached hydrogen (secondary N) is 1. The largest absolute Gasteiger partial charge is 0.464 e. The van der Waals surface area contributed by atoms with E-state index >= 15 is 0 Å². The summed E-state index contributed by atoms with van der Waals surface area (Å²) in [6.45, 7) is 1.04. The molecular weight excluding hydrogens is 154 g/mol. The van der Waals surface area contributed by atoms with Gasteiger partial charge >= 0.3 is 5.97 Å². The SMILES string of the molecule is O=C(CNC1CC1)OCC1CC1. The molecule has 0 heterocycles. The molecule has 0 bridgehead atoms. The van der Waals surface area contributed by atoms with Crippen molar-refractivity contribution >= 4 is 5.97 Å². The van der Waals surface area contributed by atoms with Gasteiger partial charge in [-0.15, -0.1) is 0 Å². The van der Waals surface area contributed by atoms with Crippen LogP contribution in [0.3, 0.4) is 0 Å². The van der Waals surface area contributed by atoms with Gasteiger partial charge in [-0.1, -0.05) is 0 Å². The summed E-state index contributed by atoms with van der Waals surface area (Å²) in [7, 11) is 0. The minimum absolute atomic E-state index is 0.0891. The molecule has 3 nitrogen and oxygen atoms in total. The molecule has 0 spiro atoms. The van der Waals surface area contributed by atoms with Crippen molar-refractivity contribution in [3.05, 3.63) is 0 Å². The van der Waals surface area contributed by atoms with Crippen molar-refractivity contribution in [2.75, 3.05) is 13.2 Å². The molecule has 2 aliphatic carbocycles. The van der Waals surface area contributed by atoms with E-state index in [9.17, 15) is 4.79 Å². The molecule has 0 aromatic rings. The van der Waals surface area contributed by atoms with Crippen molar-refractivity contribution in [3.8, 4) is 0 Å². The van der Waals surface area contributed by atoms with Gasteiger partial charge in [0.25, 0.3) is 0 Å². The standard InChI is InChI=1S/C9H15NO2/c11-9(5-10-8-3-4-8)12-6-7-1-2-7/h7-8,10H,1-6H2. The molecule has 68 valence electrons. The maximum absolute atomic E-state index is 11.0. The summed E-state index contributed by atoms with van der Waals surface area (Å²) in [5.74, 6) is 0.587. The fourth-order valence-corrected chi connectivity index (χ4v) is 1.06. The average molecular weight is 169 g/mol. The molecule has 0 saturated heterocycles. The Morgan fingerprint density at radius 3 is 2.67 bits per heavy atom. The lowest BCUT2D eigenvalue weighted by Crippen LogP contribution is -2.26. The van der Waals surface area contributed by atoms with E-state index in [0.29, 0.717) is 25.1 Å². The van der Waals surface area contributed by atoms with Gasteiger partial charge in [-0.3, -0.25) is 4.79 Å². The highest BCUT2D eigenvalue weighted by atomic mass is 16.5. The van der Waals surface area contributed by atoms with Crippen LogP contribution < -0.4 is 5.32 Å². The first kappa shape index (κ1) is 8.05. The Labute approximate surface area is 72.5 Å². The number of rotatable bonds is 5. The smallest absolute Gasteiger partial charge is 0.319 e. The number of carbonyl (C=O) groups excluding carboxylic acids is 1. The average Bonchev–Trinajstić information content (AvgIpc) is 2.89. The molecule has 0 unspecified atom stereocenters. The highest BCUT2D eigenvalue weighted by Crippen LogP contribution is 2.28. The summed E-state index contributed by atoms with van der Waals surface area (Å²) in [6.07, 6.45) is 4.92. The summed E-state index contributed by atoms with van der Waals surface area (Å²) < 4.78 is 5.04. The van der Waals surface area contributed by atoms with Gasteiger partial charge in [0.05, 0.1) is 13.2 Å². The summed E-state index contributed by atoms with van der Waals surface area (Å²) in [5, 5.41) is 3.13. The maximum atomic E-state index is 11.0. The van der Waals surface area contributed by atoms with Gasteiger partial charge < -0.3 is 10.1 Å². The first-order valence-electron chi connectivity index (χ1n) is 4.73. The zero-order valence-corrected chi connectivity index (χ0v) is 7.21. The molecule has 2 fully saturated rings. The molecule has 0 aromatic carbocycles. The summed E-state index contributed by atoms with van der Waals surface area (Å²) >= 11 is 0. The molecular formula is C9H15NO2.